The monoisotopic (exact) mass is 479 g/mol. The summed E-state index contributed by atoms with van der Waals surface area (Å²) in [5.41, 5.74) is 1.75. The van der Waals surface area contributed by atoms with E-state index in [0.717, 1.165) is 4.47 Å². The van der Waals surface area contributed by atoms with Gasteiger partial charge in [-0.1, -0.05) is 49.4 Å². The van der Waals surface area contributed by atoms with E-state index in [0.29, 0.717) is 23.4 Å². The van der Waals surface area contributed by atoms with Crippen molar-refractivity contribution in [1.29, 1.82) is 0 Å². The van der Waals surface area contributed by atoms with Crippen molar-refractivity contribution in [2.45, 2.75) is 19.4 Å². The highest BCUT2D eigenvalue weighted by molar-refractivity contribution is 9.10. The molecule has 3 rings (SSSR count). The summed E-state index contributed by atoms with van der Waals surface area (Å²) in [4.78, 5) is 38.1. The molecule has 0 aliphatic rings. The molecule has 3 aromatic rings. The molecule has 6 nitrogen and oxygen atoms in total. The third-order valence-electron chi connectivity index (χ3n) is 4.62. The second-order valence-corrected chi connectivity index (χ2v) is 7.62. The van der Waals surface area contributed by atoms with Crippen LogP contribution in [0.15, 0.2) is 83.3 Å². The fraction of sp³-hybridized carbons (Fsp3) is 0.125. The van der Waals surface area contributed by atoms with E-state index >= 15 is 0 Å². The number of anilines is 2. The van der Waals surface area contributed by atoms with Crippen molar-refractivity contribution in [3.63, 3.8) is 0 Å². The molecule has 3 amide bonds. The van der Waals surface area contributed by atoms with E-state index in [2.05, 4.69) is 31.9 Å². The van der Waals surface area contributed by atoms with Gasteiger partial charge in [-0.3, -0.25) is 14.4 Å². The first-order valence-corrected chi connectivity index (χ1v) is 10.6. The van der Waals surface area contributed by atoms with Gasteiger partial charge in [-0.15, -0.1) is 0 Å². The van der Waals surface area contributed by atoms with Crippen LogP contribution in [-0.2, 0) is 4.79 Å². The van der Waals surface area contributed by atoms with Crippen LogP contribution in [0.5, 0.6) is 0 Å². The summed E-state index contributed by atoms with van der Waals surface area (Å²) in [6, 6.07) is 21.9. The molecule has 3 N–H and O–H groups in total. The van der Waals surface area contributed by atoms with Crippen molar-refractivity contribution in [2.24, 2.45) is 0 Å². The molecule has 3 aromatic carbocycles. The summed E-state index contributed by atoms with van der Waals surface area (Å²) < 4.78 is 0.749. The predicted octanol–water partition coefficient (Wildman–Crippen LogP) is 4.85. The standard InChI is InChI=1S/C24H22BrN3O3/c1-2-19(24(31)28-21-15-9-7-13-18(21)25)26-23(30)17-12-6-8-14-20(17)27-22(29)16-10-4-3-5-11-16/h3-15,19H,2H2,1H3,(H,26,30)(H,27,29)(H,28,31). The quantitative estimate of drug-likeness (QED) is 0.452. The first kappa shape index (κ1) is 22.2. The summed E-state index contributed by atoms with van der Waals surface area (Å²) in [5.74, 6) is -1.09. The molecule has 0 saturated heterocycles. The normalized spacial score (nSPS) is 11.3. The van der Waals surface area contributed by atoms with Crippen LogP contribution >= 0.6 is 15.9 Å². The lowest BCUT2D eigenvalue weighted by Crippen LogP contribution is -2.43. The Morgan fingerprint density at radius 1 is 0.774 bits per heavy atom. The molecule has 0 spiro atoms. The van der Waals surface area contributed by atoms with E-state index in [9.17, 15) is 14.4 Å². The van der Waals surface area contributed by atoms with Gasteiger partial charge in [0.1, 0.15) is 6.04 Å². The average Bonchev–Trinajstić information content (AvgIpc) is 2.79. The maximum absolute atomic E-state index is 12.9. The second kappa shape index (κ2) is 10.5. The molecule has 1 atom stereocenters. The van der Waals surface area contributed by atoms with Crippen LogP contribution < -0.4 is 16.0 Å². The van der Waals surface area contributed by atoms with Gasteiger partial charge in [-0.2, -0.15) is 0 Å². The summed E-state index contributed by atoms with van der Waals surface area (Å²) in [7, 11) is 0. The van der Waals surface area contributed by atoms with Gasteiger partial charge in [-0.05, 0) is 58.7 Å². The van der Waals surface area contributed by atoms with E-state index in [1.54, 1.807) is 54.6 Å². The van der Waals surface area contributed by atoms with Gasteiger partial charge < -0.3 is 16.0 Å². The highest BCUT2D eigenvalue weighted by Crippen LogP contribution is 2.22. The van der Waals surface area contributed by atoms with Crippen LogP contribution in [-0.4, -0.2) is 23.8 Å². The lowest BCUT2D eigenvalue weighted by atomic mass is 10.1. The number of benzene rings is 3. The number of hydrogen-bond acceptors (Lipinski definition) is 3. The molecule has 0 fully saturated rings. The Morgan fingerprint density at radius 3 is 2.06 bits per heavy atom. The summed E-state index contributed by atoms with van der Waals surface area (Å²) >= 11 is 3.39. The fourth-order valence-corrected chi connectivity index (χ4v) is 3.33. The number of rotatable bonds is 7. The first-order valence-electron chi connectivity index (χ1n) is 9.81. The highest BCUT2D eigenvalue weighted by Gasteiger charge is 2.22. The van der Waals surface area contributed by atoms with E-state index < -0.39 is 11.9 Å². The third kappa shape index (κ3) is 5.79. The Morgan fingerprint density at radius 2 is 1.39 bits per heavy atom. The average molecular weight is 480 g/mol. The number of para-hydroxylation sites is 2. The minimum absolute atomic E-state index is 0.277. The first-order chi connectivity index (χ1) is 15.0. The van der Waals surface area contributed by atoms with E-state index in [4.69, 9.17) is 0 Å². The number of carbonyl (C=O) groups excluding carboxylic acids is 3. The zero-order valence-electron chi connectivity index (χ0n) is 16.9. The van der Waals surface area contributed by atoms with Gasteiger partial charge in [0.25, 0.3) is 11.8 Å². The number of carbonyl (C=O) groups is 3. The van der Waals surface area contributed by atoms with Crippen LogP contribution in [0, 0.1) is 0 Å². The molecule has 0 radical (unpaired) electrons. The Kier molecular flexibility index (Phi) is 7.56. The van der Waals surface area contributed by atoms with E-state index in [-0.39, 0.29) is 17.4 Å². The molecule has 158 valence electrons. The topological polar surface area (TPSA) is 87.3 Å². The van der Waals surface area contributed by atoms with Crippen molar-refractivity contribution in [3.05, 3.63) is 94.5 Å². The Bertz CT molecular complexity index is 1090. The van der Waals surface area contributed by atoms with Crippen molar-refractivity contribution in [2.75, 3.05) is 10.6 Å². The number of amides is 3. The molecule has 0 bridgehead atoms. The largest absolute Gasteiger partial charge is 0.340 e. The zero-order valence-corrected chi connectivity index (χ0v) is 18.5. The smallest absolute Gasteiger partial charge is 0.255 e. The molecule has 31 heavy (non-hydrogen) atoms. The van der Waals surface area contributed by atoms with E-state index in [1.807, 2.05) is 31.2 Å². The van der Waals surface area contributed by atoms with Gasteiger partial charge in [-0.25, -0.2) is 0 Å². The van der Waals surface area contributed by atoms with Gasteiger partial charge in [0.05, 0.1) is 16.9 Å². The molecule has 0 aliphatic carbocycles. The van der Waals surface area contributed by atoms with Gasteiger partial charge in [0.2, 0.25) is 5.91 Å². The molecule has 0 saturated carbocycles. The van der Waals surface area contributed by atoms with Crippen LogP contribution in [0.25, 0.3) is 0 Å². The summed E-state index contributed by atoms with van der Waals surface area (Å²) in [6.45, 7) is 1.81. The van der Waals surface area contributed by atoms with Crippen molar-refractivity contribution in [3.8, 4) is 0 Å². The van der Waals surface area contributed by atoms with Crippen molar-refractivity contribution in [1.82, 2.24) is 5.32 Å². The van der Waals surface area contributed by atoms with Crippen LogP contribution in [0.1, 0.15) is 34.1 Å². The molecule has 0 heterocycles. The molecule has 0 aromatic heterocycles. The lowest BCUT2D eigenvalue weighted by Gasteiger charge is -2.18. The maximum Gasteiger partial charge on any atom is 0.255 e. The molecule has 7 heteroatoms. The maximum atomic E-state index is 12.9. The highest BCUT2D eigenvalue weighted by atomic mass is 79.9. The number of hydrogen-bond donors (Lipinski definition) is 3. The summed E-state index contributed by atoms with van der Waals surface area (Å²) in [5, 5.41) is 8.34. The minimum atomic E-state index is -0.738. The minimum Gasteiger partial charge on any atom is -0.340 e. The Labute approximate surface area is 189 Å². The third-order valence-corrected chi connectivity index (χ3v) is 5.31. The zero-order chi connectivity index (χ0) is 22.2. The van der Waals surface area contributed by atoms with Crippen LogP contribution in [0.3, 0.4) is 0 Å². The summed E-state index contributed by atoms with van der Waals surface area (Å²) in [6.07, 6.45) is 0.403. The molecular formula is C24H22BrN3O3. The van der Waals surface area contributed by atoms with Crippen LogP contribution in [0.4, 0.5) is 11.4 Å². The van der Waals surface area contributed by atoms with Crippen LogP contribution in [0.2, 0.25) is 0 Å². The van der Waals surface area contributed by atoms with Gasteiger partial charge in [0, 0.05) is 10.0 Å². The van der Waals surface area contributed by atoms with Gasteiger partial charge >= 0.3 is 0 Å². The van der Waals surface area contributed by atoms with Gasteiger partial charge in [0.15, 0.2) is 0 Å². The van der Waals surface area contributed by atoms with E-state index in [1.165, 1.54) is 0 Å². The predicted molar refractivity (Wildman–Crippen MR) is 125 cm³/mol. The SMILES string of the molecule is CCC(NC(=O)c1ccccc1NC(=O)c1ccccc1)C(=O)Nc1ccccc1Br. The Hall–Kier alpha value is -3.45. The second-order valence-electron chi connectivity index (χ2n) is 6.77. The molecule has 1 unspecified atom stereocenters. The Balaban J connectivity index is 1.72. The fourth-order valence-electron chi connectivity index (χ4n) is 2.95. The molecular weight excluding hydrogens is 458 g/mol. The number of halogens is 1. The number of nitrogens with one attached hydrogen (secondary N) is 3. The van der Waals surface area contributed by atoms with Crippen molar-refractivity contribution >= 4 is 45.0 Å². The molecule has 0 aliphatic heterocycles. The lowest BCUT2D eigenvalue weighted by molar-refractivity contribution is -0.118. The van der Waals surface area contributed by atoms with Crippen molar-refractivity contribution < 1.29 is 14.4 Å².